The lowest BCUT2D eigenvalue weighted by Gasteiger charge is -2.16. The number of likely N-dealkylation sites (N-methyl/N-ethyl adjacent to an activating group) is 1. The zero-order valence-electron chi connectivity index (χ0n) is 15.9. The van der Waals surface area contributed by atoms with E-state index in [-0.39, 0.29) is 18.0 Å². The van der Waals surface area contributed by atoms with E-state index in [1.165, 1.54) is 31.6 Å². The maximum atomic E-state index is 12.4. The summed E-state index contributed by atoms with van der Waals surface area (Å²) in [6.45, 7) is -0.251. The maximum Gasteiger partial charge on any atom is 0.244 e. The lowest BCUT2D eigenvalue weighted by Crippen LogP contribution is -2.38. The molecule has 0 saturated heterocycles. The zero-order valence-corrected chi connectivity index (χ0v) is 16.7. The molecule has 1 amide bonds. The van der Waals surface area contributed by atoms with Gasteiger partial charge in [-0.15, -0.1) is 0 Å². The van der Waals surface area contributed by atoms with Crippen LogP contribution in [-0.2, 0) is 21.4 Å². The molecule has 0 aliphatic carbocycles. The summed E-state index contributed by atoms with van der Waals surface area (Å²) in [5, 5.41) is 9.49. The lowest BCUT2D eigenvalue weighted by atomic mass is 10.2. The van der Waals surface area contributed by atoms with Gasteiger partial charge in [-0.25, -0.2) is 13.4 Å². The lowest BCUT2D eigenvalue weighted by molar-refractivity contribution is -0.121. The van der Waals surface area contributed by atoms with Crippen LogP contribution in [0.15, 0.2) is 53.7 Å². The third kappa shape index (κ3) is 4.95. The molecule has 11 heteroatoms. The van der Waals surface area contributed by atoms with Crippen molar-refractivity contribution in [1.82, 2.24) is 29.8 Å². The van der Waals surface area contributed by atoms with E-state index in [9.17, 15) is 13.2 Å². The van der Waals surface area contributed by atoms with Crippen molar-refractivity contribution in [2.24, 2.45) is 0 Å². The highest BCUT2D eigenvalue weighted by atomic mass is 32.2. The SMILES string of the molecule is COc1ccc(-c2n[nH]c(CNC(=O)CN(C)S(=O)(=O)c3cccnc3)n2)cc1. The monoisotopic (exact) mass is 416 g/mol. The van der Waals surface area contributed by atoms with Crippen LogP contribution >= 0.6 is 0 Å². The number of hydrogen-bond acceptors (Lipinski definition) is 7. The number of carbonyl (C=O) groups is 1. The zero-order chi connectivity index (χ0) is 20.9. The predicted molar refractivity (Wildman–Crippen MR) is 104 cm³/mol. The molecular weight excluding hydrogens is 396 g/mol. The molecular formula is C18H20N6O4S. The number of pyridine rings is 1. The molecule has 29 heavy (non-hydrogen) atoms. The van der Waals surface area contributed by atoms with Crippen molar-refractivity contribution < 1.29 is 17.9 Å². The Balaban J connectivity index is 1.56. The van der Waals surface area contributed by atoms with Gasteiger partial charge in [0.05, 0.1) is 20.2 Å². The van der Waals surface area contributed by atoms with Gasteiger partial charge in [0, 0.05) is 25.0 Å². The first-order chi connectivity index (χ1) is 13.9. The number of nitrogens with zero attached hydrogens (tertiary/aromatic N) is 4. The summed E-state index contributed by atoms with van der Waals surface area (Å²) >= 11 is 0. The fourth-order valence-corrected chi connectivity index (χ4v) is 3.54. The summed E-state index contributed by atoms with van der Waals surface area (Å²) in [5.41, 5.74) is 0.793. The first-order valence-electron chi connectivity index (χ1n) is 8.59. The van der Waals surface area contributed by atoms with Crippen molar-refractivity contribution in [2.75, 3.05) is 20.7 Å². The predicted octanol–water partition coefficient (Wildman–Crippen LogP) is 0.812. The van der Waals surface area contributed by atoms with Crippen LogP contribution in [0.25, 0.3) is 11.4 Å². The Hall–Kier alpha value is -3.31. The summed E-state index contributed by atoms with van der Waals surface area (Å²) < 4.78 is 30.9. The number of rotatable bonds is 8. The molecule has 2 aromatic heterocycles. The van der Waals surface area contributed by atoms with Gasteiger partial charge in [-0.05, 0) is 36.4 Å². The Morgan fingerprint density at radius 3 is 2.66 bits per heavy atom. The smallest absolute Gasteiger partial charge is 0.244 e. The highest BCUT2D eigenvalue weighted by Crippen LogP contribution is 2.19. The molecule has 152 valence electrons. The second-order valence-corrected chi connectivity index (χ2v) is 8.11. The van der Waals surface area contributed by atoms with Gasteiger partial charge >= 0.3 is 0 Å². The minimum absolute atomic E-state index is 0.0228. The molecule has 3 rings (SSSR count). The van der Waals surface area contributed by atoms with Crippen LogP contribution in [0.3, 0.4) is 0 Å². The number of sulfonamides is 1. The number of ether oxygens (including phenoxy) is 1. The number of aromatic nitrogens is 4. The molecule has 2 N–H and O–H groups in total. The number of H-pyrrole nitrogens is 1. The summed E-state index contributed by atoms with van der Waals surface area (Å²) in [6, 6.07) is 10.2. The molecule has 0 bridgehead atoms. The van der Waals surface area contributed by atoms with E-state index in [1.807, 2.05) is 12.1 Å². The molecule has 3 aromatic rings. The molecule has 0 atom stereocenters. The second kappa shape index (κ2) is 8.80. The number of amides is 1. The average molecular weight is 416 g/mol. The topological polar surface area (TPSA) is 130 Å². The van der Waals surface area contributed by atoms with Crippen LogP contribution in [-0.4, -0.2) is 59.5 Å². The van der Waals surface area contributed by atoms with Crippen LogP contribution in [0.5, 0.6) is 5.75 Å². The Kier molecular flexibility index (Phi) is 6.20. The van der Waals surface area contributed by atoms with Crippen LogP contribution in [0, 0.1) is 0 Å². The van der Waals surface area contributed by atoms with E-state index < -0.39 is 15.9 Å². The van der Waals surface area contributed by atoms with Gasteiger partial charge in [-0.2, -0.15) is 9.40 Å². The molecule has 0 aliphatic heterocycles. The van der Waals surface area contributed by atoms with Crippen molar-refractivity contribution in [3.05, 3.63) is 54.6 Å². The normalized spacial score (nSPS) is 11.4. The summed E-state index contributed by atoms with van der Waals surface area (Å²) in [6.07, 6.45) is 2.71. The third-order valence-electron chi connectivity index (χ3n) is 4.04. The van der Waals surface area contributed by atoms with Crippen LogP contribution < -0.4 is 10.1 Å². The Morgan fingerprint density at radius 2 is 2.00 bits per heavy atom. The molecule has 1 aromatic carbocycles. The maximum absolute atomic E-state index is 12.4. The third-order valence-corrected chi connectivity index (χ3v) is 5.83. The molecule has 0 aliphatic rings. The molecule has 0 spiro atoms. The van der Waals surface area contributed by atoms with E-state index in [2.05, 4.69) is 25.5 Å². The van der Waals surface area contributed by atoms with Gasteiger partial charge in [-0.3, -0.25) is 14.9 Å². The van der Waals surface area contributed by atoms with Crippen molar-refractivity contribution in [2.45, 2.75) is 11.4 Å². The Labute approximate surface area is 168 Å². The van der Waals surface area contributed by atoms with Gasteiger partial charge in [0.15, 0.2) is 5.82 Å². The highest BCUT2D eigenvalue weighted by molar-refractivity contribution is 7.89. The summed E-state index contributed by atoms with van der Waals surface area (Å²) in [5.74, 6) is 1.18. The standard InChI is InChI=1S/C18H20N6O4S/c1-24(29(26,27)15-4-3-9-19-10-15)12-17(25)20-11-16-21-18(23-22-16)13-5-7-14(28-2)8-6-13/h3-10H,11-12H2,1-2H3,(H,20,25)(H,21,22,23). The molecule has 2 heterocycles. The highest BCUT2D eigenvalue weighted by Gasteiger charge is 2.23. The molecule has 0 unspecified atom stereocenters. The van der Waals surface area contributed by atoms with Gasteiger partial charge in [0.2, 0.25) is 15.9 Å². The van der Waals surface area contributed by atoms with Crippen molar-refractivity contribution in [1.29, 1.82) is 0 Å². The molecule has 0 radical (unpaired) electrons. The van der Waals surface area contributed by atoms with Crippen LogP contribution in [0.1, 0.15) is 5.82 Å². The molecule has 10 nitrogen and oxygen atoms in total. The Bertz CT molecular complexity index is 1070. The van der Waals surface area contributed by atoms with E-state index in [0.717, 1.165) is 15.6 Å². The van der Waals surface area contributed by atoms with Gasteiger partial charge < -0.3 is 10.1 Å². The minimum Gasteiger partial charge on any atom is -0.497 e. The number of hydrogen-bond donors (Lipinski definition) is 2. The van der Waals surface area contributed by atoms with Crippen molar-refractivity contribution in [3.63, 3.8) is 0 Å². The van der Waals surface area contributed by atoms with Crippen molar-refractivity contribution >= 4 is 15.9 Å². The molecule has 0 fully saturated rings. The summed E-state index contributed by atoms with van der Waals surface area (Å²) in [7, 11) is -0.874. The fourth-order valence-electron chi connectivity index (χ4n) is 2.45. The molecule has 0 saturated carbocycles. The first kappa shape index (κ1) is 20.4. The Morgan fingerprint density at radius 1 is 1.24 bits per heavy atom. The summed E-state index contributed by atoms with van der Waals surface area (Å²) in [4.78, 5) is 20.3. The van der Waals surface area contributed by atoms with E-state index >= 15 is 0 Å². The fraction of sp³-hybridized carbons (Fsp3) is 0.222. The van der Waals surface area contributed by atoms with Gasteiger partial charge in [0.25, 0.3) is 0 Å². The quantitative estimate of drug-likeness (QED) is 0.556. The van der Waals surface area contributed by atoms with Crippen LogP contribution in [0.2, 0.25) is 0 Å². The number of nitrogens with one attached hydrogen (secondary N) is 2. The average Bonchev–Trinajstić information content (AvgIpc) is 3.22. The van der Waals surface area contributed by atoms with E-state index in [4.69, 9.17) is 4.74 Å². The number of methoxy groups -OCH3 is 1. The van der Waals surface area contributed by atoms with Crippen LogP contribution in [0.4, 0.5) is 0 Å². The van der Waals surface area contributed by atoms with E-state index in [0.29, 0.717) is 11.6 Å². The van der Waals surface area contributed by atoms with Crippen molar-refractivity contribution in [3.8, 4) is 17.1 Å². The number of aromatic amines is 1. The van der Waals surface area contributed by atoms with Gasteiger partial charge in [0.1, 0.15) is 16.5 Å². The number of benzene rings is 1. The largest absolute Gasteiger partial charge is 0.497 e. The minimum atomic E-state index is -3.79. The number of carbonyl (C=O) groups excluding carboxylic acids is 1. The second-order valence-electron chi connectivity index (χ2n) is 6.06. The van der Waals surface area contributed by atoms with Gasteiger partial charge in [-0.1, -0.05) is 0 Å². The first-order valence-corrected chi connectivity index (χ1v) is 10.0. The van der Waals surface area contributed by atoms with E-state index in [1.54, 1.807) is 19.2 Å².